The van der Waals surface area contributed by atoms with E-state index in [0.717, 1.165) is 30.0 Å². The monoisotopic (exact) mass is 435 g/mol. The SMILES string of the molecule is COc1cccc(COc2coc(C(=O)Nc3ccc(OC(F)(F)F)cc3)cc2=O)c1. The molecule has 162 valence electrons. The maximum atomic E-state index is 12.2. The first-order chi connectivity index (χ1) is 14.7. The predicted molar refractivity (Wildman–Crippen MR) is 103 cm³/mol. The Bertz CT molecular complexity index is 1110. The van der Waals surface area contributed by atoms with Crippen molar-refractivity contribution in [2.24, 2.45) is 0 Å². The summed E-state index contributed by atoms with van der Waals surface area (Å²) in [4.78, 5) is 24.4. The van der Waals surface area contributed by atoms with Crippen molar-refractivity contribution in [1.82, 2.24) is 0 Å². The van der Waals surface area contributed by atoms with Gasteiger partial charge in [-0.3, -0.25) is 9.59 Å². The molecule has 1 amide bonds. The molecule has 1 heterocycles. The van der Waals surface area contributed by atoms with Gasteiger partial charge in [-0.15, -0.1) is 13.2 Å². The van der Waals surface area contributed by atoms with E-state index in [1.807, 2.05) is 0 Å². The van der Waals surface area contributed by atoms with Crippen molar-refractivity contribution in [3.63, 3.8) is 0 Å². The number of benzene rings is 2. The number of rotatable bonds is 7. The first kappa shape index (κ1) is 21.8. The van der Waals surface area contributed by atoms with Crippen LogP contribution in [0.1, 0.15) is 16.1 Å². The van der Waals surface area contributed by atoms with Crippen molar-refractivity contribution in [1.29, 1.82) is 0 Å². The van der Waals surface area contributed by atoms with Gasteiger partial charge in [-0.1, -0.05) is 12.1 Å². The van der Waals surface area contributed by atoms with Gasteiger partial charge in [0.25, 0.3) is 5.91 Å². The van der Waals surface area contributed by atoms with E-state index in [2.05, 4.69) is 10.1 Å². The molecule has 1 aromatic heterocycles. The molecular weight excluding hydrogens is 419 g/mol. The third-order valence-corrected chi connectivity index (χ3v) is 3.90. The summed E-state index contributed by atoms with van der Waals surface area (Å²) in [7, 11) is 1.53. The van der Waals surface area contributed by atoms with Gasteiger partial charge in [-0.2, -0.15) is 0 Å². The van der Waals surface area contributed by atoms with Crippen LogP contribution in [0.25, 0.3) is 0 Å². The molecule has 3 aromatic rings. The second-order valence-corrected chi connectivity index (χ2v) is 6.14. The fourth-order valence-corrected chi connectivity index (χ4v) is 2.48. The zero-order chi connectivity index (χ0) is 22.4. The van der Waals surface area contributed by atoms with Crippen molar-refractivity contribution < 1.29 is 36.6 Å². The van der Waals surface area contributed by atoms with E-state index in [9.17, 15) is 22.8 Å². The van der Waals surface area contributed by atoms with Gasteiger partial charge in [0, 0.05) is 11.8 Å². The molecule has 0 spiro atoms. The molecule has 0 saturated heterocycles. The van der Waals surface area contributed by atoms with Gasteiger partial charge in [-0.25, -0.2) is 0 Å². The summed E-state index contributed by atoms with van der Waals surface area (Å²) in [6.07, 6.45) is -3.80. The molecule has 3 rings (SSSR count). The molecule has 0 fully saturated rings. The third kappa shape index (κ3) is 6.26. The highest BCUT2D eigenvalue weighted by Gasteiger charge is 2.31. The number of hydrogen-bond donors (Lipinski definition) is 1. The summed E-state index contributed by atoms with van der Waals surface area (Å²) >= 11 is 0. The number of carbonyl (C=O) groups is 1. The predicted octanol–water partition coefficient (Wildman–Crippen LogP) is 4.38. The highest BCUT2D eigenvalue weighted by atomic mass is 19.4. The van der Waals surface area contributed by atoms with Gasteiger partial charge in [0.05, 0.1) is 7.11 Å². The van der Waals surface area contributed by atoms with E-state index in [1.165, 1.54) is 19.2 Å². The van der Waals surface area contributed by atoms with Crippen molar-refractivity contribution >= 4 is 11.6 Å². The van der Waals surface area contributed by atoms with Gasteiger partial charge in [0.1, 0.15) is 24.4 Å². The van der Waals surface area contributed by atoms with Gasteiger partial charge in [0.15, 0.2) is 5.76 Å². The quantitative estimate of drug-likeness (QED) is 0.593. The van der Waals surface area contributed by atoms with Crippen LogP contribution < -0.4 is 25.0 Å². The largest absolute Gasteiger partial charge is 0.573 e. The van der Waals surface area contributed by atoms with Gasteiger partial charge < -0.3 is 23.9 Å². The first-order valence-electron chi connectivity index (χ1n) is 8.79. The Morgan fingerprint density at radius 3 is 2.45 bits per heavy atom. The maximum absolute atomic E-state index is 12.2. The Morgan fingerprint density at radius 1 is 1.06 bits per heavy atom. The second-order valence-electron chi connectivity index (χ2n) is 6.14. The highest BCUT2D eigenvalue weighted by molar-refractivity contribution is 6.02. The van der Waals surface area contributed by atoms with Gasteiger partial charge in [-0.05, 0) is 42.0 Å². The topological polar surface area (TPSA) is 87.0 Å². The molecule has 0 aliphatic rings. The Labute approximate surface area is 174 Å². The van der Waals surface area contributed by atoms with E-state index >= 15 is 0 Å². The zero-order valence-electron chi connectivity index (χ0n) is 16.1. The Hall–Kier alpha value is -3.95. The molecule has 31 heavy (non-hydrogen) atoms. The fourth-order valence-electron chi connectivity index (χ4n) is 2.48. The molecule has 1 N–H and O–H groups in total. The summed E-state index contributed by atoms with van der Waals surface area (Å²) in [5.41, 5.74) is 0.368. The van der Waals surface area contributed by atoms with Crippen LogP contribution in [0, 0.1) is 0 Å². The minimum Gasteiger partial charge on any atom is -0.497 e. The standard InChI is InChI=1S/C21H16F3NO6/c1-28-16-4-2-3-13(9-16)11-29-19-12-30-18(10-17(19)26)20(27)25-14-5-7-15(8-6-14)31-21(22,23)24/h2-10,12H,11H2,1H3,(H,25,27). The van der Waals surface area contributed by atoms with Gasteiger partial charge >= 0.3 is 6.36 Å². The number of alkyl halides is 3. The van der Waals surface area contributed by atoms with E-state index < -0.39 is 23.4 Å². The lowest BCUT2D eigenvalue weighted by molar-refractivity contribution is -0.274. The molecule has 0 radical (unpaired) electrons. The van der Waals surface area contributed by atoms with E-state index in [-0.39, 0.29) is 23.8 Å². The lowest BCUT2D eigenvalue weighted by atomic mass is 10.2. The molecular formula is C21H16F3NO6. The number of amides is 1. The number of halogens is 3. The molecule has 0 saturated carbocycles. The van der Waals surface area contributed by atoms with Crippen LogP contribution in [0.5, 0.6) is 17.2 Å². The Kier molecular flexibility index (Phi) is 6.49. The molecule has 7 nitrogen and oxygen atoms in total. The molecule has 2 aromatic carbocycles. The van der Waals surface area contributed by atoms with Crippen molar-refractivity contribution in [3.05, 3.63) is 82.4 Å². The molecule has 0 aliphatic carbocycles. The summed E-state index contributed by atoms with van der Waals surface area (Å²) in [6.45, 7) is 0.0832. The number of anilines is 1. The van der Waals surface area contributed by atoms with Crippen LogP contribution in [0.15, 0.2) is 70.1 Å². The fraction of sp³-hybridized carbons (Fsp3) is 0.143. The third-order valence-electron chi connectivity index (χ3n) is 3.90. The number of ether oxygens (including phenoxy) is 3. The average molecular weight is 435 g/mol. The van der Waals surface area contributed by atoms with Crippen LogP contribution in [0.2, 0.25) is 0 Å². The number of nitrogens with one attached hydrogen (secondary N) is 1. The molecule has 0 bridgehead atoms. The van der Waals surface area contributed by atoms with Crippen LogP contribution in [-0.4, -0.2) is 19.4 Å². The van der Waals surface area contributed by atoms with E-state index in [1.54, 1.807) is 24.3 Å². The lowest BCUT2D eigenvalue weighted by Crippen LogP contribution is -2.17. The van der Waals surface area contributed by atoms with Crippen LogP contribution in [0.4, 0.5) is 18.9 Å². The minimum absolute atomic E-state index is 0.0832. The summed E-state index contributed by atoms with van der Waals surface area (Å²) in [5, 5.41) is 2.40. The summed E-state index contributed by atoms with van der Waals surface area (Å²) in [5.74, 6) is -0.948. The van der Waals surface area contributed by atoms with E-state index in [4.69, 9.17) is 13.9 Å². The van der Waals surface area contributed by atoms with E-state index in [0.29, 0.717) is 5.75 Å². The number of methoxy groups -OCH3 is 1. The molecule has 0 unspecified atom stereocenters. The van der Waals surface area contributed by atoms with Crippen molar-refractivity contribution in [2.75, 3.05) is 12.4 Å². The van der Waals surface area contributed by atoms with Crippen LogP contribution in [0.3, 0.4) is 0 Å². The van der Waals surface area contributed by atoms with Crippen LogP contribution >= 0.6 is 0 Å². The number of carbonyl (C=O) groups excluding carboxylic acids is 1. The average Bonchev–Trinajstić information content (AvgIpc) is 2.73. The molecule has 0 atom stereocenters. The first-order valence-corrected chi connectivity index (χ1v) is 8.79. The van der Waals surface area contributed by atoms with Crippen molar-refractivity contribution in [2.45, 2.75) is 13.0 Å². The smallest absolute Gasteiger partial charge is 0.497 e. The molecule has 10 heteroatoms. The second kappa shape index (κ2) is 9.24. The molecule has 0 aliphatic heterocycles. The normalized spacial score (nSPS) is 11.0. The number of hydrogen-bond acceptors (Lipinski definition) is 6. The Morgan fingerprint density at radius 2 is 1.81 bits per heavy atom. The maximum Gasteiger partial charge on any atom is 0.573 e. The summed E-state index contributed by atoms with van der Waals surface area (Å²) < 4.78 is 56.0. The van der Waals surface area contributed by atoms with Gasteiger partial charge in [0.2, 0.25) is 11.2 Å². The zero-order valence-corrected chi connectivity index (χ0v) is 16.1. The Balaban J connectivity index is 1.62. The highest BCUT2D eigenvalue weighted by Crippen LogP contribution is 2.24. The van der Waals surface area contributed by atoms with Crippen molar-refractivity contribution in [3.8, 4) is 17.2 Å². The lowest BCUT2D eigenvalue weighted by Gasteiger charge is -2.10. The minimum atomic E-state index is -4.81. The summed E-state index contributed by atoms with van der Waals surface area (Å²) in [6, 6.07) is 12.5. The van der Waals surface area contributed by atoms with Crippen LogP contribution in [-0.2, 0) is 6.61 Å².